The van der Waals surface area contributed by atoms with Crippen molar-refractivity contribution in [3.05, 3.63) is 48.3 Å². The van der Waals surface area contributed by atoms with Crippen molar-refractivity contribution >= 4 is 32.8 Å². The predicted octanol–water partition coefficient (Wildman–Crippen LogP) is 1.56. The monoisotopic (exact) mass is 306 g/mol. The van der Waals surface area contributed by atoms with E-state index in [9.17, 15) is 8.42 Å². The van der Waals surface area contributed by atoms with Gasteiger partial charge in [-0.2, -0.15) is 8.75 Å². The first-order valence-electron chi connectivity index (χ1n) is 5.77. The summed E-state index contributed by atoms with van der Waals surface area (Å²) in [6.45, 7) is 0.207. The fraction of sp³-hybridized carbons (Fsp3) is 0.0833. The smallest absolute Gasteiger partial charge is 0.243 e. The number of sulfonamides is 1. The first-order valence-corrected chi connectivity index (χ1v) is 7.98. The standard InChI is InChI=1S/C12H10N4O2S2/c17-20(18,14-8-9-4-6-13-7-5-9)11-3-1-2-10-12(11)16-19-15-10/h1-7,14H,8H2. The molecule has 0 aliphatic heterocycles. The van der Waals surface area contributed by atoms with Gasteiger partial charge in [-0.1, -0.05) is 6.07 Å². The van der Waals surface area contributed by atoms with Crippen LogP contribution >= 0.6 is 11.7 Å². The highest BCUT2D eigenvalue weighted by Crippen LogP contribution is 2.20. The van der Waals surface area contributed by atoms with Crippen molar-refractivity contribution < 1.29 is 8.42 Å². The van der Waals surface area contributed by atoms with Crippen LogP contribution in [0.15, 0.2) is 47.6 Å². The van der Waals surface area contributed by atoms with Crippen LogP contribution < -0.4 is 4.72 Å². The molecule has 1 N–H and O–H groups in total. The molecule has 0 radical (unpaired) electrons. The number of rotatable bonds is 4. The van der Waals surface area contributed by atoms with Crippen LogP contribution in [0.5, 0.6) is 0 Å². The van der Waals surface area contributed by atoms with Gasteiger partial charge in [-0.15, -0.1) is 0 Å². The number of nitrogens with one attached hydrogen (secondary N) is 1. The maximum atomic E-state index is 12.3. The third kappa shape index (κ3) is 2.53. The van der Waals surface area contributed by atoms with Gasteiger partial charge < -0.3 is 0 Å². The van der Waals surface area contributed by atoms with Crippen LogP contribution in [0.3, 0.4) is 0 Å². The SMILES string of the molecule is O=S(=O)(NCc1ccncc1)c1cccc2nsnc12. The maximum Gasteiger partial charge on any atom is 0.243 e. The molecule has 3 aromatic rings. The zero-order chi connectivity index (χ0) is 14.0. The lowest BCUT2D eigenvalue weighted by atomic mass is 10.3. The normalized spacial score (nSPS) is 11.8. The fourth-order valence-electron chi connectivity index (χ4n) is 1.75. The molecule has 3 rings (SSSR count). The molecule has 0 atom stereocenters. The van der Waals surface area contributed by atoms with Crippen molar-refractivity contribution in [1.82, 2.24) is 18.5 Å². The van der Waals surface area contributed by atoms with Gasteiger partial charge in [-0.3, -0.25) is 4.98 Å². The number of aromatic nitrogens is 3. The number of pyridine rings is 1. The molecule has 0 aliphatic rings. The Bertz CT molecular complexity index is 831. The van der Waals surface area contributed by atoms with Gasteiger partial charge in [0.25, 0.3) is 0 Å². The zero-order valence-electron chi connectivity index (χ0n) is 10.2. The Hall–Kier alpha value is -1.90. The largest absolute Gasteiger partial charge is 0.265 e. The highest BCUT2D eigenvalue weighted by molar-refractivity contribution is 7.89. The van der Waals surface area contributed by atoms with Crippen LogP contribution in [0.2, 0.25) is 0 Å². The average Bonchev–Trinajstić information content (AvgIpc) is 2.94. The van der Waals surface area contributed by atoms with Gasteiger partial charge in [0.05, 0.1) is 11.7 Å². The lowest BCUT2D eigenvalue weighted by Gasteiger charge is -2.06. The van der Waals surface area contributed by atoms with E-state index in [2.05, 4.69) is 18.5 Å². The maximum absolute atomic E-state index is 12.3. The highest BCUT2D eigenvalue weighted by Gasteiger charge is 2.19. The van der Waals surface area contributed by atoms with Crippen molar-refractivity contribution in [2.45, 2.75) is 11.4 Å². The molecule has 102 valence electrons. The summed E-state index contributed by atoms with van der Waals surface area (Å²) in [7, 11) is -3.62. The summed E-state index contributed by atoms with van der Waals surface area (Å²) in [5.41, 5.74) is 1.83. The number of fused-ring (bicyclic) bond motifs is 1. The molecule has 6 nitrogen and oxygen atoms in total. The van der Waals surface area contributed by atoms with Crippen molar-refractivity contribution in [2.75, 3.05) is 0 Å². The molecule has 0 saturated carbocycles. The molecule has 20 heavy (non-hydrogen) atoms. The molecule has 2 aromatic heterocycles. The van der Waals surface area contributed by atoms with E-state index in [1.807, 2.05) is 0 Å². The van der Waals surface area contributed by atoms with Gasteiger partial charge in [0.2, 0.25) is 10.0 Å². The van der Waals surface area contributed by atoms with E-state index < -0.39 is 10.0 Å². The molecule has 8 heteroatoms. The Morgan fingerprint density at radius 3 is 2.70 bits per heavy atom. The minimum atomic E-state index is -3.62. The van der Waals surface area contributed by atoms with Gasteiger partial charge >= 0.3 is 0 Å². The third-order valence-corrected chi connectivity index (χ3v) is 4.73. The first-order chi connectivity index (χ1) is 9.67. The lowest BCUT2D eigenvalue weighted by molar-refractivity contribution is 0.582. The summed E-state index contributed by atoms with van der Waals surface area (Å²) in [4.78, 5) is 4.04. The van der Waals surface area contributed by atoms with Crippen LogP contribution in [0.1, 0.15) is 5.56 Å². The number of nitrogens with zero attached hydrogens (tertiary/aromatic N) is 3. The molecule has 0 unspecified atom stereocenters. The predicted molar refractivity (Wildman–Crippen MR) is 75.7 cm³/mol. The molecule has 0 saturated heterocycles. The zero-order valence-corrected chi connectivity index (χ0v) is 11.9. The van der Waals surface area contributed by atoms with Crippen molar-refractivity contribution in [1.29, 1.82) is 0 Å². The number of benzene rings is 1. The van der Waals surface area contributed by atoms with Crippen LogP contribution in [0, 0.1) is 0 Å². The summed E-state index contributed by atoms with van der Waals surface area (Å²) >= 11 is 0.997. The molecule has 0 fully saturated rings. The van der Waals surface area contributed by atoms with E-state index in [-0.39, 0.29) is 11.4 Å². The van der Waals surface area contributed by atoms with Crippen molar-refractivity contribution in [3.8, 4) is 0 Å². The van der Waals surface area contributed by atoms with E-state index in [1.165, 1.54) is 6.07 Å². The van der Waals surface area contributed by atoms with E-state index in [4.69, 9.17) is 0 Å². The molecule has 0 aliphatic carbocycles. The third-order valence-electron chi connectivity index (χ3n) is 2.75. The molecule has 0 spiro atoms. The van der Waals surface area contributed by atoms with Crippen LogP contribution in [-0.4, -0.2) is 22.1 Å². The van der Waals surface area contributed by atoms with Crippen molar-refractivity contribution in [3.63, 3.8) is 0 Å². The molecule has 2 heterocycles. The Balaban J connectivity index is 1.90. The molecule has 1 aromatic carbocycles. The average molecular weight is 306 g/mol. The second-order valence-electron chi connectivity index (χ2n) is 4.07. The topological polar surface area (TPSA) is 84.8 Å². The summed E-state index contributed by atoms with van der Waals surface area (Å²) in [6, 6.07) is 8.44. The summed E-state index contributed by atoms with van der Waals surface area (Å²) in [6.07, 6.45) is 3.24. The quantitative estimate of drug-likeness (QED) is 0.790. The minimum absolute atomic E-state index is 0.151. The molecule has 0 bridgehead atoms. The Morgan fingerprint density at radius 2 is 1.90 bits per heavy atom. The number of hydrogen-bond acceptors (Lipinski definition) is 6. The second-order valence-corrected chi connectivity index (χ2v) is 6.33. The van der Waals surface area contributed by atoms with Crippen molar-refractivity contribution in [2.24, 2.45) is 0 Å². The van der Waals surface area contributed by atoms with Gasteiger partial charge in [0.1, 0.15) is 15.9 Å². The minimum Gasteiger partial charge on any atom is -0.265 e. The van der Waals surface area contributed by atoms with Crippen LogP contribution in [-0.2, 0) is 16.6 Å². The fourth-order valence-corrected chi connectivity index (χ4v) is 3.54. The first kappa shape index (κ1) is 13.1. The van der Waals surface area contributed by atoms with Crippen LogP contribution in [0.25, 0.3) is 11.0 Å². The van der Waals surface area contributed by atoms with Crippen LogP contribution in [0.4, 0.5) is 0 Å². The molecule has 0 amide bonds. The molecular weight excluding hydrogens is 296 g/mol. The number of hydrogen-bond donors (Lipinski definition) is 1. The Kier molecular flexibility index (Phi) is 3.43. The second kappa shape index (κ2) is 5.23. The summed E-state index contributed by atoms with van der Waals surface area (Å²) in [5.74, 6) is 0. The van der Waals surface area contributed by atoms with Gasteiger partial charge in [-0.25, -0.2) is 13.1 Å². The van der Waals surface area contributed by atoms with E-state index in [1.54, 1.807) is 36.7 Å². The van der Waals surface area contributed by atoms with Gasteiger partial charge in [-0.05, 0) is 29.8 Å². The van der Waals surface area contributed by atoms with E-state index in [0.29, 0.717) is 11.0 Å². The van der Waals surface area contributed by atoms with E-state index >= 15 is 0 Å². The van der Waals surface area contributed by atoms with E-state index in [0.717, 1.165) is 17.3 Å². The van der Waals surface area contributed by atoms with Gasteiger partial charge in [0, 0.05) is 18.9 Å². The lowest BCUT2D eigenvalue weighted by Crippen LogP contribution is -2.23. The van der Waals surface area contributed by atoms with Gasteiger partial charge in [0.15, 0.2) is 0 Å². The Labute approximate surface area is 119 Å². The Morgan fingerprint density at radius 1 is 1.10 bits per heavy atom. The highest BCUT2D eigenvalue weighted by atomic mass is 32.2. The molecular formula is C12H10N4O2S2. The summed E-state index contributed by atoms with van der Waals surface area (Å²) < 4.78 is 35.3. The summed E-state index contributed by atoms with van der Waals surface area (Å²) in [5, 5.41) is 0.